The van der Waals surface area contributed by atoms with E-state index in [0.29, 0.717) is 13.2 Å². The van der Waals surface area contributed by atoms with Crippen molar-refractivity contribution in [1.82, 2.24) is 5.32 Å². The lowest BCUT2D eigenvalue weighted by molar-refractivity contribution is -0.121. The minimum Gasteiger partial charge on any atom is -0.492 e. The van der Waals surface area contributed by atoms with Crippen molar-refractivity contribution in [3.8, 4) is 5.75 Å². The lowest BCUT2D eigenvalue weighted by atomic mass is 10.0. The molecule has 94 valence electrons. The van der Waals surface area contributed by atoms with E-state index in [1.165, 1.54) is 0 Å². The van der Waals surface area contributed by atoms with Crippen molar-refractivity contribution in [1.29, 1.82) is 0 Å². The van der Waals surface area contributed by atoms with E-state index in [-0.39, 0.29) is 17.9 Å². The van der Waals surface area contributed by atoms with Gasteiger partial charge in [-0.2, -0.15) is 0 Å². The van der Waals surface area contributed by atoms with Crippen molar-refractivity contribution in [3.05, 3.63) is 30.3 Å². The molecule has 4 heteroatoms. The van der Waals surface area contributed by atoms with Crippen LogP contribution in [0.1, 0.15) is 13.8 Å². The molecule has 1 amide bonds. The summed E-state index contributed by atoms with van der Waals surface area (Å²) in [5, 5.41) is 3.09. The Morgan fingerprint density at radius 1 is 1.35 bits per heavy atom. The summed E-state index contributed by atoms with van der Waals surface area (Å²) in [4.78, 5) is 11.1. The Kier molecular flexibility index (Phi) is 5.49. The lowest BCUT2D eigenvalue weighted by Crippen LogP contribution is -2.46. The van der Waals surface area contributed by atoms with Crippen molar-refractivity contribution in [2.75, 3.05) is 13.2 Å². The highest BCUT2D eigenvalue weighted by atomic mass is 16.5. The zero-order chi connectivity index (χ0) is 12.7. The molecule has 0 fully saturated rings. The summed E-state index contributed by atoms with van der Waals surface area (Å²) in [6.07, 6.45) is 0. The van der Waals surface area contributed by atoms with Crippen LogP contribution in [0.15, 0.2) is 30.3 Å². The molecule has 1 unspecified atom stereocenters. The minimum absolute atomic E-state index is 0.184. The molecule has 1 aromatic carbocycles. The van der Waals surface area contributed by atoms with Crippen LogP contribution in [0.3, 0.4) is 0 Å². The first-order valence-electron chi connectivity index (χ1n) is 5.82. The van der Waals surface area contributed by atoms with E-state index in [9.17, 15) is 4.79 Å². The molecule has 0 spiro atoms. The van der Waals surface area contributed by atoms with Gasteiger partial charge in [-0.05, 0) is 18.1 Å². The van der Waals surface area contributed by atoms with Gasteiger partial charge in [0, 0.05) is 6.54 Å². The van der Waals surface area contributed by atoms with Crippen LogP contribution in [0.25, 0.3) is 0 Å². The minimum atomic E-state index is -0.320. The van der Waals surface area contributed by atoms with E-state index in [2.05, 4.69) is 5.32 Å². The molecule has 1 rings (SSSR count). The molecule has 0 aliphatic rings. The normalized spacial score (nSPS) is 12.4. The van der Waals surface area contributed by atoms with Gasteiger partial charge in [-0.3, -0.25) is 4.79 Å². The number of nitrogens with two attached hydrogens (primary N) is 1. The number of carbonyl (C=O) groups is 1. The quantitative estimate of drug-likeness (QED) is 0.698. The Morgan fingerprint density at radius 2 is 2.00 bits per heavy atom. The number of amides is 1. The number of nitrogens with one attached hydrogen (secondary N) is 1. The fourth-order valence-electron chi connectivity index (χ4n) is 1.56. The van der Waals surface area contributed by atoms with Crippen LogP contribution in [0.5, 0.6) is 5.75 Å². The molecule has 4 nitrogen and oxygen atoms in total. The third-order valence-corrected chi connectivity index (χ3v) is 2.45. The first kappa shape index (κ1) is 13.5. The predicted molar refractivity (Wildman–Crippen MR) is 67.8 cm³/mol. The van der Waals surface area contributed by atoms with E-state index in [0.717, 1.165) is 5.75 Å². The van der Waals surface area contributed by atoms with Crippen LogP contribution < -0.4 is 15.8 Å². The van der Waals surface area contributed by atoms with E-state index in [4.69, 9.17) is 10.5 Å². The summed E-state index contributed by atoms with van der Waals surface area (Å²) in [6.45, 7) is 5.03. The second-order valence-corrected chi connectivity index (χ2v) is 4.24. The maximum absolute atomic E-state index is 11.1. The summed E-state index contributed by atoms with van der Waals surface area (Å²) in [7, 11) is 0. The molecule has 0 heterocycles. The fourth-order valence-corrected chi connectivity index (χ4v) is 1.56. The van der Waals surface area contributed by atoms with Gasteiger partial charge in [-0.15, -0.1) is 0 Å². The first-order valence-corrected chi connectivity index (χ1v) is 5.82. The van der Waals surface area contributed by atoms with Crippen molar-refractivity contribution < 1.29 is 9.53 Å². The van der Waals surface area contributed by atoms with Crippen molar-refractivity contribution in [2.24, 2.45) is 11.7 Å². The van der Waals surface area contributed by atoms with E-state index in [1.807, 2.05) is 44.2 Å². The zero-order valence-corrected chi connectivity index (χ0v) is 10.3. The Hall–Kier alpha value is -1.55. The molecule has 17 heavy (non-hydrogen) atoms. The van der Waals surface area contributed by atoms with Crippen molar-refractivity contribution >= 4 is 5.91 Å². The molecule has 0 aliphatic heterocycles. The van der Waals surface area contributed by atoms with Crippen LogP contribution in [0, 0.1) is 5.92 Å². The molecular weight excluding hydrogens is 216 g/mol. The van der Waals surface area contributed by atoms with Gasteiger partial charge in [0.15, 0.2) is 0 Å². The number of para-hydroxylation sites is 1. The van der Waals surface area contributed by atoms with Crippen molar-refractivity contribution in [3.63, 3.8) is 0 Å². The van der Waals surface area contributed by atoms with Gasteiger partial charge in [0.05, 0.1) is 6.04 Å². The van der Waals surface area contributed by atoms with E-state index < -0.39 is 0 Å². The van der Waals surface area contributed by atoms with Gasteiger partial charge in [0.2, 0.25) is 5.91 Å². The van der Waals surface area contributed by atoms with E-state index in [1.54, 1.807) is 0 Å². The summed E-state index contributed by atoms with van der Waals surface area (Å²) >= 11 is 0. The topological polar surface area (TPSA) is 64.3 Å². The number of hydrogen-bond donors (Lipinski definition) is 2. The van der Waals surface area contributed by atoms with E-state index >= 15 is 0 Å². The van der Waals surface area contributed by atoms with Crippen LogP contribution in [-0.4, -0.2) is 25.1 Å². The first-order chi connectivity index (χ1) is 8.11. The molecule has 1 aromatic rings. The maximum atomic E-state index is 11.1. The Morgan fingerprint density at radius 3 is 2.53 bits per heavy atom. The van der Waals surface area contributed by atoms with Gasteiger partial charge < -0.3 is 15.8 Å². The molecular formula is C13H20N2O2. The van der Waals surface area contributed by atoms with Gasteiger partial charge in [0.1, 0.15) is 12.4 Å². The molecule has 0 saturated heterocycles. The average Bonchev–Trinajstić information content (AvgIpc) is 2.29. The van der Waals surface area contributed by atoms with Crippen LogP contribution in [-0.2, 0) is 4.79 Å². The van der Waals surface area contributed by atoms with Crippen LogP contribution in [0.4, 0.5) is 0 Å². The fraction of sp³-hybridized carbons (Fsp3) is 0.462. The molecule has 1 atom stereocenters. The molecule has 0 bridgehead atoms. The second kappa shape index (κ2) is 6.91. The van der Waals surface area contributed by atoms with Gasteiger partial charge in [0.25, 0.3) is 0 Å². The Labute approximate surface area is 102 Å². The van der Waals surface area contributed by atoms with Gasteiger partial charge in [-0.1, -0.05) is 32.0 Å². The van der Waals surface area contributed by atoms with Gasteiger partial charge in [-0.25, -0.2) is 0 Å². The molecule has 0 aromatic heterocycles. The number of primary amides is 1. The molecule has 0 saturated carbocycles. The second-order valence-electron chi connectivity index (χ2n) is 4.24. The largest absolute Gasteiger partial charge is 0.492 e. The number of rotatable bonds is 7. The van der Waals surface area contributed by atoms with Crippen LogP contribution in [0.2, 0.25) is 0 Å². The average molecular weight is 236 g/mol. The zero-order valence-electron chi connectivity index (χ0n) is 10.3. The number of ether oxygens (including phenoxy) is 1. The molecule has 3 N–H and O–H groups in total. The highest BCUT2D eigenvalue weighted by Gasteiger charge is 2.17. The standard InChI is InChI=1S/C13H20N2O2/c1-10(2)12(13(14)16)15-8-9-17-11-6-4-3-5-7-11/h3-7,10,12,15H,8-9H2,1-2H3,(H2,14,16). The predicted octanol–water partition coefficient (Wildman–Crippen LogP) is 1.16. The maximum Gasteiger partial charge on any atom is 0.234 e. The number of hydrogen-bond acceptors (Lipinski definition) is 3. The third-order valence-electron chi connectivity index (χ3n) is 2.45. The van der Waals surface area contributed by atoms with Crippen molar-refractivity contribution in [2.45, 2.75) is 19.9 Å². The molecule has 0 aliphatic carbocycles. The summed E-state index contributed by atoms with van der Waals surface area (Å²) < 4.78 is 5.50. The lowest BCUT2D eigenvalue weighted by Gasteiger charge is -2.18. The highest BCUT2D eigenvalue weighted by molar-refractivity contribution is 5.80. The SMILES string of the molecule is CC(C)C(NCCOc1ccccc1)C(N)=O. The van der Waals surface area contributed by atoms with Gasteiger partial charge >= 0.3 is 0 Å². The molecule has 0 radical (unpaired) electrons. The number of carbonyl (C=O) groups excluding carboxylic acids is 1. The van der Waals surface area contributed by atoms with Crippen LogP contribution >= 0.6 is 0 Å². The summed E-state index contributed by atoms with van der Waals surface area (Å²) in [5.74, 6) is 0.693. The monoisotopic (exact) mass is 236 g/mol. The summed E-state index contributed by atoms with van der Waals surface area (Å²) in [6, 6.07) is 9.27. The third kappa shape index (κ3) is 4.87. The summed E-state index contributed by atoms with van der Waals surface area (Å²) in [5.41, 5.74) is 5.29. The highest BCUT2D eigenvalue weighted by Crippen LogP contribution is 2.07. The Bertz CT molecular complexity index is 339. The number of benzene rings is 1. The smallest absolute Gasteiger partial charge is 0.234 e. The Balaban J connectivity index is 2.26.